The summed E-state index contributed by atoms with van der Waals surface area (Å²) in [5.74, 6) is -1.29. The lowest BCUT2D eigenvalue weighted by Crippen LogP contribution is -2.50. The predicted molar refractivity (Wildman–Crippen MR) is 71.0 cm³/mol. The first-order chi connectivity index (χ1) is 9.40. The van der Waals surface area contributed by atoms with Crippen LogP contribution in [0.4, 0.5) is 0 Å². The fraction of sp³-hybridized carbons (Fsp3) is 0.429. The van der Waals surface area contributed by atoms with Crippen LogP contribution >= 0.6 is 0 Å². The number of phenols is 1. The molecule has 2 N–H and O–H groups in total. The highest BCUT2D eigenvalue weighted by molar-refractivity contribution is 6.00. The van der Waals surface area contributed by atoms with Crippen molar-refractivity contribution in [1.29, 1.82) is 0 Å². The van der Waals surface area contributed by atoms with Crippen molar-refractivity contribution in [3.63, 3.8) is 0 Å². The Morgan fingerprint density at radius 1 is 1.40 bits per heavy atom. The summed E-state index contributed by atoms with van der Waals surface area (Å²) in [5, 5.41) is 19.2. The van der Waals surface area contributed by atoms with Gasteiger partial charge in [-0.15, -0.1) is 0 Å². The molecule has 1 aromatic rings. The summed E-state index contributed by atoms with van der Waals surface area (Å²) in [7, 11) is 1.46. The van der Waals surface area contributed by atoms with Crippen molar-refractivity contribution in [2.75, 3.05) is 13.7 Å². The number of carboxylic acid groups (broad SMARTS) is 1. The molecule has 0 aliphatic carbocycles. The van der Waals surface area contributed by atoms with Crippen LogP contribution in [0, 0.1) is 0 Å². The van der Waals surface area contributed by atoms with E-state index in [0.717, 1.165) is 0 Å². The lowest BCUT2D eigenvalue weighted by Gasteiger charge is -2.31. The van der Waals surface area contributed by atoms with Gasteiger partial charge in [0.1, 0.15) is 17.0 Å². The SMILES string of the molecule is COc1ccc(C(=O)N2CCCC2(C)C(=O)O)c(O)c1. The monoisotopic (exact) mass is 279 g/mol. The number of hydrogen-bond acceptors (Lipinski definition) is 4. The van der Waals surface area contributed by atoms with E-state index in [0.29, 0.717) is 25.1 Å². The maximum absolute atomic E-state index is 12.4. The van der Waals surface area contributed by atoms with Gasteiger partial charge in [0.25, 0.3) is 5.91 Å². The van der Waals surface area contributed by atoms with Crippen LogP contribution in [-0.4, -0.2) is 46.2 Å². The highest BCUT2D eigenvalue weighted by atomic mass is 16.5. The molecule has 1 amide bonds. The molecular formula is C14H17NO5. The number of carbonyl (C=O) groups excluding carboxylic acids is 1. The number of likely N-dealkylation sites (tertiary alicyclic amines) is 1. The molecule has 2 rings (SSSR count). The normalized spacial score (nSPS) is 21.8. The number of benzene rings is 1. The zero-order valence-electron chi connectivity index (χ0n) is 11.4. The molecule has 1 unspecified atom stereocenters. The van der Waals surface area contributed by atoms with E-state index in [4.69, 9.17) is 4.74 Å². The van der Waals surface area contributed by atoms with E-state index in [1.165, 1.54) is 31.1 Å². The molecule has 0 radical (unpaired) electrons. The smallest absolute Gasteiger partial charge is 0.329 e. The number of aromatic hydroxyl groups is 1. The van der Waals surface area contributed by atoms with E-state index in [-0.39, 0.29) is 11.3 Å². The van der Waals surface area contributed by atoms with Crippen molar-refractivity contribution in [1.82, 2.24) is 4.90 Å². The van der Waals surface area contributed by atoms with Crippen molar-refractivity contribution in [3.8, 4) is 11.5 Å². The lowest BCUT2D eigenvalue weighted by atomic mass is 9.98. The first-order valence-corrected chi connectivity index (χ1v) is 6.32. The number of rotatable bonds is 3. The molecule has 0 bridgehead atoms. The Morgan fingerprint density at radius 2 is 2.10 bits per heavy atom. The Kier molecular flexibility index (Phi) is 3.57. The van der Waals surface area contributed by atoms with Crippen molar-refractivity contribution < 1.29 is 24.5 Å². The van der Waals surface area contributed by atoms with Gasteiger partial charge in [-0.3, -0.25) is 4.79 Å². The fourth-order valence-corrected chi connectivity index (χ4v) is 2.48. The molecular weight excluding hydrogens is 262 g/mol. The minimum absolute atomic E-state index is 0.0835. The summed E-state index contributed by atoms with van der Waals surface area (Å²) in [5.41, 5.74) is -1.14. The van der Waals surface area contributed by atoms with E-state index in [2.05, 4.69) is 0 Å². The Hall–Kier alpha value is -2.24. The molecule has 1 heterocycles. The summed E-state index contributed by atoms with van der Waals surface area (Å²) < 4.78 is 4.96. The van der Waals surface area contributed by atoms with E-state index < -0.39 is 17.4 Å². The number of hydrogen-bond donors (Lipinski definition) is 2. The van der Waals surface area contributed by atoms with Crippen LogP contribution in [0.25, 0.3) is 0 Å². The second-order valence-electron chi connectivity index (χ2n) is 5.02. The molecule has 1 aromatic carbocycles. The Labute approximate surface area is 116 Å². The Balaban J connectivity index is 2.34. The number of carbonyl (C=O) groups is 2. The standard InChI is InChI=1S/C14H17NO5/c1-14(13(18)19)6-3-7-15(14)12(17)10-5-4-9(20-2)8-11(10)16/h4-5,8,16H,3,6-7H2,1-2H3,(H,18,19). The molecule has 108 valence electrons. The summed E-state index contributed by atoms with van der Waals surface area (Å²) >= 11 is 0. The molecule has 1 aliphatic heterocycles. The number of phenolic OH excluding ortho intramolecular Hbond substituents is 1. The fourth-order valence-electron chi connectivity index (χ4n) is 2.48. The van der Waals surface area contributed by atoms with Crippen LogP contribution in [0.5, 0.6) is 11.5 Å². The number of amides is 1. The van der Waals surface area contributed by atoms with E-state index in [1.807, 2.05) is 0 Å². The largest absolute Gasteiger partial charge is 0.507 e. The van der Waals surface area contributed by atoms with Crippen LogP contribution < -0.4 is 4.74 Å². The van der Waals surface area contributed by atoms with Crippen molar-refractivity contribution >= 4 is 11.9 Å². The van der Waals surface area contributed by atoms with Gasteiger partial charge in [-0.1, -0.05) is 0 Å². The Bertz CT molecular complexity index is 556. The molecule has 1 atom stereocenters. The van der Waals surface area contributed by atoms with Crippen LogP contribution in [0.2, 0.25) is 0 Å². The van der Waals surface area contributed by atoms with Gasteiger partial charge in [-0.05, 0) is 31.9 Å². The Morgan fingerprint density at radius 3 is 2.65 bits per heavy atom. The molecule has 20 heavy (non-hydrogen) atoms. The minimum atomic E-state index is -1.22. The summed E-state index contributed by atoms with van der Waals surface area (Å²) in [6.45, 7) is 1.90. The quantitative estimate of drug-likeness (QED) is 0.875. The predicted octanol–water partition coefficient (Wildman–Crippen LogP) is 1.48. The molecule has 0 saturated carbocycles. The van der Waals surface area contributed by atoms with Gasteiger partial charge in [0, 0.05) is 12.6 Å². The van der Waals surface area contributed by atoms with Crippen molar-refractivity contribution in [2.45, 2.75) is 25.3 Å². The average molecular weight is 279 g/mol. The van der Waals surface area contributed by atoms with Gasteiger partial charge in [-0.25, -0.2) is 4.79 Å². The first-order valence-electron chi connectivity index (χ1n) is 6.32. The van der Waals surface area contributed by atoms with Crippen LogP contribution in [0.3, 0.4) is 0 Å². The highest BCUT2D eigenvalue weighted by Gasteiger charge is 2.46. The summed E-state index contributed by atoms with van der Waals surface area (Å²) in [6.07, 6.45) is 1.04. The van der Waals surface area contributed by atoms with Crippen molar-refractivity contribution in [3.05, 3.63) is 23.8 Å². The van der Waals surface area contributed by atoms with Crippen LogP contribution in [0.15, 0.2) is 18.2 Å². The van der Waals surface area contributed by atoms with Crippen molar-refractivity contribution in [2.24, 2.45) is 0 Å². The minimum Gasteiger partial charge on any atom is -0.507 e. The topological polar surface area (TPSA) is 87.1 Å². The summed E-state index contributed by atoms with van der Waals surface area (Å²) in [4.78, 5) is 25.1. The van der Waals surface area contributed by atoms with Gasteiger partial charge >= 0.3 is 5.97 Å². The van der Waals surface area contributed by atoms with Gasteiger partial charge in [0.2, 0.25) is 0 Å². The van der Waals surface area contributed by atoms with Gasteiger partial charge in [0.05, 0.1) is 12.7 Å². The average Bonchev–Trinajstić information content (AvgIpc) is 2.81. The number of methoxy groups -OCH3 is 1. The summed E-state index contributed by atoms with van der Waals surface area (Å²) in [6, 6.07) is 4.33. The van der Waals surface area contributed by atoms with Gasteiger partial charge in [-0.2, -0.15) is 0 Å². The number of aliphatic carboxylic acids is 1. The van der Waals surface area contributed by atoms with Gasteiger partial charge < -0.3 is 19.8 Å². The zero-order chi connectivity index (χ0) is 14.9. The van der Waals surface area contributed by atoms with Gasteiger partial charge in [0.15, 0.2) is 0 Å². The van der Waals surface area contributed by atoms with E-state index >= 15 is 0 Å². The highest BCUT2D eigenvalue weighted by Crippen LogP contribution is 2.33. The number of carboxylic acids is 1. The third-order valence-corrected chi connectivity index (χ3v) is 3.78. The van der Waals surface area contributed by atoms with Crippen LogP contribution in [0.1, 0.15) is 30.1 Å². The second-order valence-corrected chi connectivity index (χ2v) is 5.02. The molecule has 1 fully saturated rings. The molecule has 1 saturated heterocycles. The van der Waals surface area contributed by atoms with Crippen LogP contribution in [-0.2, 0) is 4.79 Å². The second kappa shape index (κ2) is 5.03. The maximum Gasteiger partial charge on any atom is 0.329 e. The molecule has 6 nitrogen and oxygen atoms in total. The third-order valence-electron chi connectivity index (χ3n) is 3.78. The lowest BCUT2D eigenvalue weighted by molar-refractivity contribution is -0.147. The third kappa shape index (κ3) is 2.17. The maximum atomic E-state index is 12.4. The zero-order valence-corrected chi connectivity index (χ0v) is 11.4. The molecule has 1 aliphatic rings. The molecule has 0 aromatic heterocycles. The molecule has 6 heteroatoms. The first kappa shape index (κ1) is 14.2. The van der Waals surface area contributed by atoms with E-state index in [9.17, 15) is 19.8 Å². The van der Waals surface area contributed by atoms with E-state index in [1.54, 1.807) is 6.07 Å². The number of ether oxygens (including phenoxy) is 1. The molecule has 0 spiro atoms. The number of nitrogens with zero attached hydrogens (tertiary/aromatic N) is 1.